The van der Waals surface area contributed by atoms with Crippen molar-refractivity contribution in [3.63, 3.8) is 0 Å². The molecule has 1 fully saturated rings. The number of rotatable bonds is 2. The molecule has 84 valence electrons. The molecule has 16 heavy (non-hydrogen) atoms. The Morgan fingerprint density at radius 1 is 1.38 bits per heavy atom. The van der Waals surface area contributed by atoms with Gasteiger partial charge in [-0.25, -0.2) is 0 Å². The van der Waals surface area contributed by atoms with Crippen LogP contribution < -0.4 is 0 Å². The Labute approximate surface area is 97.4 Å². The molecule has 1 heterocycles. The van der Waals surface area contributed by atoms with E-state index in [1.165, 1.54) is 11.1 Å². The summed E-state index contributed by atoms with van der Waals surface area (Å²) in [6, 6.07) is 10.4. The molecule has 0 spiro atoms. The quantitative estimate of drug-likeness (QED) is 0.675. The Bertz CT molecular complexity index is 387. The molecule has 1 aliphatic rings. The molecule has 0 aliphatic carbocycles. The van der Waals surface area contributed by atoms with E-state index in [1.807, 2.05) is 6.07 Å². The van der Waals surface area contributed by atoms with Gasteiger partial charge in [0.05, 0.1) is 6.10 Å². The van der Waals surface area contributed by atoms with Gasteiger partial charge in [-0.3, -0.25) is 0 Å². The summed E-state index contributed by atoms with van der Waals surface area (Å²) in [5, 5.41) is 0. The normalized spacial score (nSPS) is 25.2. The number of ether oxygens (including phenoxy) is 1. The molecule has 1 aliphatic heterocycles. The lowest BCUT2D eigenvalue weighted by Gasteiger charge is -2.31. The molecule has 0 aromatic heterocycles. The van der Waals surface area contributed by atoms with Crippen molar-refractivity contribution < 1.29 is 4.74 Å². The summed E-state index contributed by atoms with van der Waals surface area (Å²) in [7, 11) is 0. The fourth-order valence-electron chi connectivity index (χ4n) is 2.18. The molecule has 0 radical (unpaired) electrons. The van der Waals surface area contributed by atoms with E-state index >= 15 is 0 Å². The van der Waals surface area contributed by atoms with Crippen LogP contribution in [0.25, 0.3) is 0 Å². The van der Waals surface area contributed by atoms with Crippen LogP contribution in [-0.2, 0) is 4.74 Å². The summed E-state index contributed by atoms with van der Waals surface area (Å²) in [5.74, 6) is 0. The lowest BCUT2D eigenvalue weighted by atomic mass is 9.93. The summed E-state index contributed by atoms with van der Waals surface area (Å²) < 4.78 is 6.09. The van der Waals surface area contributed by atoms with Crippen molar-refractivity contribution in [1.82, 2.24) is 0 Å². The van der Waals surface area contributed by atoms with Gasteiger partial charge in [0, 0.05) is 5.57 Å². The van der Waals surface area contributed by atoms with Crippen molar-refractivity contribution in [2.75, 3.05) is 0 Å². The van der Waals surface area contributed by atoms with Gasteiger partial charge in [0.15, 0.2) is 0 Å². The maximum atomic E-state index is 6.09. The highest BCUT2D eigenvalue weighted by atomic mass is 16.5. The smallest absolute Gasteiger partial charge is 0.111 e. The summed E-state index contributed by atoms with van der Waals surface area (Å²) in [6.07, 6.45) is 3.67. The first kappa shape index (κ1) is 11.2. The van der Waals surface area contributed by atoms with Gasteiger partial charge in [-0.2, -0.15) is 0 Å². The van der Waals surface area contributed by atoms with Crippen LogP contribution in [0.5, 0.6) is 0 Å². The summed E-state index contributed by atoms with van der Waals surface area (Å²) in [6.45, 7) is 5.94. The van der Waals surface area contributed by atoms with Crippen LogP contribution in [0.2, 0.25) is 0 Å². The molecule has 1 aromatic rings. The van der Waals surface area contributed by atoms with Gasteiger partial charge in [0.2, 0.25) is 0 Å². The maximum absolute atomic E-state index is 6.09. The van der Waals surface area contributed by atoms with Crippen LogP contribution in [0, 0.1) is 0 Å². The van der Waals surface area contributed by atoms with Crippen molar-refractivity contribution in [2.24, 2.45) is 0 Å². The van der Waals surface area contributed by atoms with E-state index < -0.39 is 0 Å². The zero-order valence-corrected chi connectivity index (χ0v) is 9.78. The molecule has 0 bridgehead atoms. The van der Waals surface area contributed by atoms with Crippen LogP contribution >= 0.6 is 0 Å². The van der Waals surface area contributed by atoms with E-state index in [0.29, 0.717) is 6.10 Å². The van der Waals surface area contributed by atoms with Gasteiger partial charge in [-0.1, -0.05) is 43.8 Å². The van der Waals surface area contributed by atoms with Crippen molar-refractivity contribution in [1.29, 1.82) is 0 Å². The Hall–Kier alpha value is -1.30. The number of hydrogen-bond acceptors (Lipinski definition) is 1. The average molecular weight is 214 g/mol. The van der Waals surface area contributed by atoms with Gasteiger partial charge < -0.3 is 4.74 Å². The van der Waals surface area contributed by atoms with Gasteiger partial charge in [-0.15, -0.1) is 5.73 Å². The Morgan fingerprint density at radius 3 is 2.75 bits per heavy atom. The highest BCUT2D eigenvalue weighted by Gasteiger charge is 2.26. The minimum Gasteiger partial charge on any atom is -0.365 e. The topological polar surface area (TPSA) is 9.23 Å². The van der Waals surface area contributed by atoms with Crippen LogP contribution in [0.3, 0.4) is 0 Å². The SMILES string of the molecule is C=C=C1CC[C@H](CC)O[C@@H]1c1ccccc1. The first-order valence-corrected chi connectivity index (χ1v) is 5.94. The molecule has 0 saturated carbocycles. The predicted octanol–water partition coefficient (Wildman–Crippen LogP) is 4.03. The first-order valence-electron chi connectivity index (χ1n) is 5.94. The van der Waals surface area contributed by atoms with Gasteiger partial charge in [0.1, 0.15) is 6.10 Å². The van der Waals surface area contributed by atoms with E-state index in [9.17, 15) is 0 Å². The van der Waals surface area contributed by atoms with Gasteiger partial charge in [-0.05, 0) is 24.8 Å². The molecule has 0 unspecified atom stereocenters. The predicted molar refractivity (Wildman–Crippen MR) is 66.2 cm³/mol. The third-order valence-corrected chi connectivity index (χ3v) is 3.17. The van der Waals surface area contributed by atoms with E-state index in [1.54, 1.807) is 0 Å². The number of hydrogen-bond donors (Lipinski definition) is 0. The van der Waals surface area contributed by atoms with Crippen LogP contribution in [0.15, 0.2) is 48.2 Å². The van der Waals surface area contributed by atoms with E-state index in [-0.39, 0.29) is 6.10 Å². The minimum atomic E-state index is 0.0670. The minimum absolute atomic E-state index is 0.0670. The Balaban J connectivity index is 2.25. The van der Waals surface area contributed by atoms with Crippen LogP contribution in [0.4, 0.5) is 0 Å². The summed E-state index contributed by atoms with van der Waals surface area (Å²) >= 11 is 0. The molecule has 1 aromatic carbocycles. The molecule has 1 saturated heterocycles. The fourth-order valence-corrected chi connectivity index (χ4v) is 2.18. The van der Waals surface area contributed by atoms with Crippen LogP contribution in [0.1, 0.15) is 37.9 Å². The molecule has 2 atom stereocenters. The molecular weight excluding hydrogens is 196 g/mol. The van der Waals surface area contributed by atoms with Crippen molar-refractivity contribution in [3.05, 3.63) is 53.8 Å². The highest BCUT2D eigenvalue weighted by Crippen LogP contribution is 2.35. The summed E-state index contributed by atoms with van der Waals surface area (Å²) in [4.78, 5) is 0. The Kier molecular flexibility index (Phi) is 3.61. The van der Waals surface area contributed by atoms with E-state index in [2.05, 4.69) is 43.5 Å². The third kappa shape index (κ3) is 2.27. The maximum Gasteiger partial charge on any atom is 0.111 e. The third-order valence-electron chi connectivity index (χ3n) is 3.17. The average Bonchev–Trinajstić information content (AvgIpc) is 2.39. The zero-order chi connectivity index (χ0) is 11.4. The summed E-state index contributed by atoms with van der Waals surface area (Å²) in [5.41, 5.74) is 5.44. The van der Waals surface area contributed by atoms with E-state index in [0.717, 1.165) is 19.3 Å². The second-order valence-corrected chi connectivity index (χ2v) is 4.20. The highest BCUT2D eigenvalue weighted by molar-refractivity contribution is 5.27. The lowest BCUT2D eigenvalue weighted by molar-refractivity contribution is -0.0217. The largest absolute Gasteiger partial charge is 0.365 e. The van der Waals surface area contributed by atoms with Crippen LogP contribution in [-0.4, -0.2) is 6.10 Å². The second-order valence-electron chi connectivity index (χ2n) is 4.20. The molecule has 0 N–H and O–H groups in total. The van der Waals surface area contributed by atoms with E-state index in [4.69, 9.17) is 4.74 Å². The zero-order valence-electron chi connectivity index (χ0n) is 9.78. The lowest BCUT2D eigenvalue weighted by Crippen LogP contribution is -2.23. The molecular formula is C15H18O. The second kappa shape index (κ2) is 5.16. The molecule has 0 amide bonds. The fraction of sp³-hybridized carbons (Fsp3) is 0.400. The van der Waals surface area contributed by atoms with Crippen molar-refractivity contribution in [2.45, 2.75) is 38.4 Å². The first-order chi connectivity index (χ1) is 7.85. The Morgan fingerprint density at radius 2 is 2.12 bits per heavy atom. The molecule has 1 nitrogen and oxygen atoms in total. The van der Waals surface area contributed by atoms with Crippen molar-refractivity contribution in [3.8, 4) is 0 Å². The van der Waals surface area contributed by atoms with Gasteiger partial charge in [0.25, 0.3) is 0 Å². The van der Waals surface area contributed by atoms with Crippen molar-refractivity contribution >= 4 is 0 Å². The molecule has 1 heteroatoms. The standard InChI is InChI=1S/C15H18O/c1-3-12-10-11-14(4-2)16-15(12)13-8-6-5-7-9-13/h5-9,14-15H,1,4,10-11H2,2H3/t14-,15-/m0/s1. The molecule has 2 rings (SSSR count). The number of benzene rings is 1. The van der Waals surface area contributed by atoms with Gasteiger partial charge >= 0.3 is 0 Å². The monoisotopic (exact) mass is 214 g/mol.